The van der Waals surface area contributed by atoms with E-state index in [0.29, 0.717) is 18.4 Å². The zero-order chi connectivity index (χ0) is 33.5. The van der Waals surface area contributed by atoms with E-state index in [1.54, 1.807) is 71.9 Å². The molecule has 0 bridgehead atoms. The molecule has 0 aliphatic carbocycles. The fourth-order valence-corrected chi connectivity index (χ4v) is 5.17. The molecule has 0 spiro atoms. The first kappa shape index (κ1) is 35.5. The molecule has 2 saturated heterocycles. The molecule has 4 rings (SSSR count). The van der Waals surface area contributed by atoms with Crippen molar-refractivity contribution in [3.05, 3.63) is 71.8 Å². The van der Waals surface area contributed by atoms with Gasteiger partial charge in [-0.2, -0.15) is 0 Å². The van der Waals surface area contributed by atoms with Crippen molar-refractivity contribution in [2.24, 2.45) is 5.92 Å². The number of carbonyl (C=O) groups excluding carboxylic acids is 3. The molecular formula is C35H46O11. The number of ether oxygens (including phenoxy) is 7. The summed E-state index contributed by atoms with van der Waals surface area (Å²) in [6, 6.07) is 17.8. The predicted molar refractivity (Wildman–Crippen MR) is 165 cm³/mol. The number of aliphatic hydroxyl groups excluding tert-OH is 1. The Labute approximate surface area is 270 Å². The summed E-state index contributed by atoms with van der Waals surface area (Å²) in [4.78, 5) is 38.9. The Morgan fingerprint density at radius 2 is 1.41 bits per heavy atom. The van der Waals surface area contributed by atoms with Crippen LogP contribution in [-0.4, -0.2) is 78.1 Å². The minimum atomic E-state index is -1.50. The summed E-state index contributed by atoms with van der Waals surface area (Å²) in [5.74, 6) is -3.04. The lowest BCUT2D eigenvalue weighted by atomic mass is 9.97. The maximum Gasteiger partial charge on any atom is 0.338 e. The molecule has 0 saturated carbocycles. The number of hydrogen-bond donors (Lipinski definition) is 1. The Morgan fingerprint density at radius 3 is 2.00 bits per heavy atom. The van der Waals surface area contributed by atoms with Crippen molar-refractivity contribution in [2.75, 3.05) is 13.2 Å². The molecule has 2 aromatic carbocycles. The molecule has 6 atom stereocenters. The molecule has 11 heteroatoms. The Balaban J connectivity index is 1.46. The molecule has 2 aliphatic rings. The number of benzene rings is 2. The first-order valence-electron chi connectivity index (χ1n) is 15.7. The number of hydrogen-bond acceptors (Lipinski definition) is 11. The van der Waals surface area contributed by atoms with Crippen molar-refractivity contribution >= 4 is 17.9 Å². The molecule has 1 unspecified atom stereocenters. The molecule has 1 N–H and O–H groups in total. The van der Waals surface area contributed by atoms with E-state index in [4.69, 9.17) is 33.2 Å². The fraction of sp³-hybridized carbons (Fsp3) is 0.571. The van der Waals surface area contributed by atoms with Crippen molar-refractivity contribution < 1.29 is 52.6 Å². The average molecular weight is 643 g/mol. The highest BCUT2D eigenvalue weighted by atomic mass is 16.7. The number of rotatable bonds is 11. The predicted octanol–water partition coefficient (Wildman–Crippen LogP) is 4.90. The maximum absolute atomic E-state index is 13.0. The molecule has 2 aromatic rings. The number of esters is 3. The maximum atomic E-state index is 13.0. The van der Waals surface area contributed by atoms with Crippen LogP contribution in [0.2, 0.25) is 0 Å². The smallest absolute Gasteiger partial charge is 0.338 e. The first-order chi connectivity index (χ1) is 21.7. The summed E-state index contributed by atoms with van der Waals surface area (Å²) in [5, 5.41) is 10.9. The molecule has 2 heterocycles. The average Bonchev–Trinajstić information content (AvgIpc) is 2.99. The van der Waals surface area contributed by atoms with E-state index in [9.17, 15) is 19.5 Å². The van der Waals surface area contributed by atoms with Gasteiger partial charge in [0.2, 0.25) is 0 Å². The molecule has 252 valence electrons. The van der Waals surface area contributed by atoms with Crippen LogP contribution in [0, 0.1) is 5.92 Å². The zero-order valence-electron chi connectivity index (χ0n) is 27.4. The zero-order valence-corrected chi connectivity index (χ0v) is 27.4. The molecule has 0 aromatic heterocycles. The van der Waals surface area contributed by atoms with Crippen LogP contribution in [0.15, 0.2) is 60.7 Å². The second-order valence-corrected chi connectivity index (χ2v) is 13.4. The van der Waals surface area contributed by atoms with Gasteiger partial charge in [0.25, 0.3) is 0 Å². The van der Waals surface area contributed by atoms with Gasteiger partial charge in [-0.1, -0.05) is 48.5 Å². The monoisotopic (exact) mass is 642 g/mol. The van der Waals surface area contributed by atoms with Gasteiger partial charge in [0, 0.05) is 12.2 Å². The van der Waals surface area contributed by atoms with Crippen molar-refractivity contribution in [1.82, 2.24) is 0 Å². The lowest BCUT2D eigenvalue weighted by Gasteiger charge is -2.47. The summed E-state index contributed by atoms with van der Waals surface area (Å²) < 4.78 is 41.0. The third-order valence-corrected chi connectivity index (χ3v) is 7.21. The molecule has 2 aliphatic heterocycles. The van der Waals surface area contributed by atoms with Crippen LogP contribution < -0.4 is 0 Å². The summed E-state index contributed by atoms with van der Waals surface area (Å²) in [5.41, 5.74) is -0.442. The van der Waals surface area contributed by atoms with Gasteiger partial charge in [-0.15, -0.1) is 0 Å². The van der Waals surface area contributed by atoms with Crippen LogP contribution in [0.1, 0.15) is 83.0 Å². The standard InChI is InChI=1S/C35H46O11/c1-34(2,3)45-30(37)24(31(38)46-35(4,5)6)19-13-14-20-40-27-26-25(21-41-33(44-26)23-17-11-8-12-18-23)42-32(39)28(27)43-29(36)22-15-9-7-10-16-22/h7-12,15-18,24-28,32-33,39H,13-14,19-21H2,1-6H3/t25-,26+,27+,28-,32-,33?/m1/s1. The van der Waals surface area contributed by atoms with Crippen molar-refractivity contribution in [2.45, 2.75) is 109 Å². The Kier molecular flexibility index (Phi) is 12.0. The molecular weight excluding hydrogens is 596 g/mol. The summed E-state index contributed by atoms with van der Waals surface area (Å²) in [6.07, 6.45) is -4.72. The van der Waals surface area contributed by atoms with Gasteiger partial charge in [-0.3, -0.25) is 9.59 Å². The van der Waals surface area contributed by atoms with E-state index in [2.05, 4.69) is 0 Å². The lowest BCUT2D eigenvalue weighted by molar-refractivity contribution is -0.358. The van der Waals surface area contributed by atoms with E-state index < -0.39 is 72.0 Å². The van der Waals surface area contributed by atoms with Gasteiger partial charge < -0.3 is 38.3 Å². The van der Waals surface area contributed by atoms with E-state index in [0.717, 1.165) is 5.56 Å². The number of fused-ring (bicyclic) bond motifs is 1. The largest absolute Gasteiger partial charge is 0.459 e. The van der Waals surface area contributed by atoms with Crippen LogP contribution in [-0.2, 0) is 42.7 Å². The molecule has 11 nitrogen and oxygen atoms in total. The van der Waals surface area contributed by atoms with Gasteiger partial charge in [-0.25, -0.2) is 4.79 Å². The van der Waals surface area contributed by atoms with Crippen LogP contribution >= 0.6 is 0 Å². The SMILES string of the molecule is CC(C)(C)OC(=O)C(CCCCO[C@@H]1[C@@H](OC(=O)c2ccccc2)[C@H](O)O[C@@H]2COC(c3ccccc3)O[C@H]12)C(=O)OC(C)(C)C. The second kappa shape index (κ2) is 15.5. The third kappa shape index (κ3) is 10.1. The summed E-state index contributed by atoms with van der Waals surface area (Å²) >= 11 is 0. The highest BCUT2D eigenvalue weighted by Crippen LogP contribution is 2.36. The fourth-order valence-electron chi connectivity index (χ4n) is 5.17. The number of unbranched alkanes of at least 4 members (excludes halogenated alkanes) is 1. The highest BCUT2D eigenvalue weighted by molar-refractivity contribution is 5.95. The quantitative estimate of drug-likeness (QED) is 0.155. The molecule has 0 radical (unpaired) electrons. The van der Waals surface area contributed by atoms with Crippen molar-refractivity contribution in [1.29, 1.82) is 0 Å². The van der Waals surface area contributed by atoms with Gasteiger partial charge in [0.1, 0.15) is 29.5 Å². The lowest BCUT2D eigenvalue weighted by Crippen LogP contribution is -2.63. The van der Waals surface area contributed by atoms with Crippen LogP contribution in [0.25, 0.3) is 0 Å². The molecule has 0 amide bonds. The number of carbonyl (C=O) groups is 3. The minimum absolute atomic E-state index is 0.119. The molecule has 46 heavy (non-hydrogen) atoms. The normalized spacial score (nSPS) is 25.0. The Morgan fingerprint density at radius 1 is 0.826 bits per heavy atom. The van der Waals surface area contributed by atoms with E-state index >= 15 is 0 Å². The van der Waals surface area contributed by atoms with Gasteiger partial charge in [0.05, 0.1) is 12.2 Å². The molecule has 2 fully saturated rings. The first-order valence-corrected chi connectivity index (χ1v) is 15.7. The Hall–Kier alpha value is -3.35. The summed E-state index contributed by atoms with van der Waals surface area (Å²) in [6.45, 7) is 10.7. The second-order valence-electron chi connectivity index (χ2n) is 13.4. The van der Waals surface area contributed by atoms with Gasteiger partial charge in [0.15, 0.2) is 24.6 Å². The minimum Gasteiger partial charge on any atom is -0.459 e. The van der Waals surface area contributed by atoms with Crippen molar-refractivity contribution in [3.63, 3.8) is 0 Å². The highest BCUT2D eigenvalue weighted by Gasteiger charge is 2.52. The third-order valence-electron chi connectivity index (χ3n) is 7.21. The van der Waals surface area contributed by atoms with E-state index in [1.807, 2.05) is 30.3 Å². The van der Waals surface area contributed by atoms with Crippen molar-refractivity contribution in [3.8, 4) is 0 Å². The van der Waals surface area contributed by atoms with Crippen LogP contribution in [0.5, 0.6) is 0 Å². The van der Waals surface area contributed by atoms with Gasteiger partial charge in [-0.05, 0) is 72.9 Å². The topological polar surface area (TPSA) is 136 Å². The van der Waals surface area contributed by atoms with E-state index in [1.165, 1.54) is 0 Å². The van der Waals surface area contributed by atoms with Crippen LogP contribution in [0.4, 0.5) is 0 Å². The number of aliphatic hydroxyl groups is 1. The van der Waals surface area contributed by atoms with Crippen LogP contribution in [0.3, 0.4) is 0 Å². The van der Waals surface area contributed by atoms with Gasteiger partial charge >= 0.3 is 17.9 Å². The Bertz CT molecular complexity index is 1260. The summed E-state index contributed by atoms with van der Waals surface area (Å²) in [7, 11) is 0. The van der Waals surface area contributed by atoms with E-state index in [-0.39, 0.29) is 19.6 Å².